The molecule has 0 spiro atoms. The fourth-order valence-corrected chi connectivity index (χ4v) is 2.07. The van der Waals surface area contributed by atoms with Crippen molar-refractivity contribution in [3.05, 3.63) is 45.6 Å². The molecule has 0 atom stereocenters. The summed E-state index contributed by atoms with van der Waals surface area (Å²) in [6.45, 7) is 4.04. The highest BCUT2D eigenvalue weighted by Gasteiger charge is 2.09. The molecule has 0 aliphatic heterocycles. The molecular formula is C13H11BrO2. The molecule has 0 aliphatic rings. The van der Waals surface area contributed by atoms with Gasteiger partial charge in [0.15, 0.2) is 12.0 Å². The second kappa shape index (κ2) is 4.26. The minimum Gasteiger partial charge on any atom is -0.453 e. The molecule has 2 nitrogen and oxygen atoms in total. The zero-order chi connectivity index (χ0) is 11.7. The van der Waals surface area contributed by atoms with Crippen LogP contribution in [-0.4, -0.2) is 6.29 Å². The van der Waals surface area contributed by atoms with Gasteiger partial charge in [0.2, 0.25) is 0 Å². The van der Waals surface area contributed by atoms with Gasteiger partial charge in [-0.3, -0.25) is 4.79 Å². The van der Waals surface area contributed by atoms with Gasteiger partial charge < -0.3 is 4.42 Å². The van der Waals surface area contributed by atoms with Gasteiger partial charge in [-0.25, -0.2) is 0 Å². The molecule has 0 amide bonds. The van der Waals surface area contributed by atoms with Crippen LogP contribution in [0.1, 0.15) is 21.7 Å². The van der Waals surface area contributed by atoms with Crippen LogP contribution in [-0.2, 0) is 0 Å². The Kier molecular flexibility index (Phi) is 2.97. The number of halogens is 1. The predicted octanol–water partition coefficient (Wildman–Crippen LogP) is 4.14. The molecule has 0 radical (unpaired) electrons. The third-order valence-corrected chi connectivity index (χ3v) is 3.37. The van der Waals surface area contributed by atoms with Crippen molar-refractivity contribution >= 4 is 22.2 Å². The Morgan fingerprint density at radius 1 is 1.19 bits per heavy atom. The minimum absolute atomic E-state index is 0.356. The number of benzene rings is 1. The van der Waals surface area contributed by atoms with Crippen LogP contribution in [0.15, 0.2) is 33.2 Å². The summed E-state index contributed by atoms with van der Waals surface area (Å²) in [4.78, 5) is 10.6. The van der Waals surface area contributed by atoms with E-state index in [2.05, 4.69) is 15.9 Å². The molecule has 0 bridgehead atoms. The number of furan rings is 1. The quantitative estimate of drug-likeness (QED) is 0.773. The smallest absolute Gasteiger partial charge is 0.185 e. The largest absolute Gasteiger partial charge is 0.453 e. The van der Waals surface area contributed by atoms with Crippen molar-refractivity contribution in [1.82, 2.24) is 0 Å². The first-order valence-corrected chi connectivity index (χ1v) is 5.73. The fraction of sp³-hybridized carbons (Fsp3) is 0.154. The van der Waals surface area contributed by atoms with Gasteiger partial charge in [0.25, 0.3) is 0 Å². The predicted molar refractivity (Wildman–Crippen MR) is 66.7 cm³/mol. The summed E-state index contributed by atoms with van der Waals surface area (Å²) in [5, 5.41) is 0. The van der Waals surface area contributed by atoms with Gasteiger partial charge in [-0.15, -0.1) is 0 Å². The molecule has 1 aromatic heterocycles. The van der Waals surface area contributed by atoms with Crippen molar-refractivity contribution in [3.63, 3.8) is 0 Å². The Hall–Kier alpha value is -1.35. The van der Waals surface area contributed by atoms with Crippen molar-refractivity contribution in [1.29, 1.82) is 0 Å². The van der Waals surface area contributed by atoms with Gasteiger partial charge >= 0.3 is 0 Å². The van der Waals surface area contributed by atoms with Crippen LogP contribution >= 0.6 is 15.9 Å². The molecule has 0 saturated carbocycles. The second-order valence-corrected chi connectivity index (χ2v) is 4.59. The van der Waals surface area contributed by atoms with E-state index in [4.69, 9.17) is 4.42 Å². The van der Waals surface area contributed by atoms with Gasteiger partial charge in [0, 0.05) is 10.0 Å². The van der Waals surface area contributed by atoms with E-state index >= 15 is 0 Å². The van der Waals surface area contributed by atoms with Gasteiger partial charge in [0.1, 0.15) is 5.76 Å². The number of aldehydes is 1. The average Bonchev–Trinajstić information content (AvgIpc) is 2.71. The second-order valence-electron chi connectivity index (χ2n) is 3.74. The van der Waals surface area contributed by atoms with E-state index in [9.17, 15) is 4.79 Å². The topological polar surface area (TPSA) is 30.2 Å². The molecule has 2 rings (SSSR count). The number of rotatable bonds is 2. The molecule has 16 heavy (non-hydrogen) atoms. The Labute approximate surface area is 102 Å². The maximum absolute atomic E-state index is 10.6. The standard InChI is InChI=1S/C13H11BrO2/c1-8-6-12(14)9(2)5-11(8)13-4-3-10(7-15)16-13/h3-7H,1-2H3. The zero-order valence-corrected chi connectivity index (χ0v) is 10.7. The van der Waals surface area contributed by atoms with Crippen LogP contribution in [0.3, 0.4) is 0 Å². The summed E-state index contributed by atoms with van der Waals surface area (Å²) >= 11 is 3.48. The Morgan fingerprint density at radius 2 is 1.94 bits per heavy atom. The molecule has 0 aliphatic carbocycles. The van der Waals surface area contributed by atoms with Crippen LogP contribution in [0.4, 0.5) is 0 Å². The highest BCUT2D eigenvalue weighted by atomic mass is 79.9. The molecule has 0 unspecified atom stereocenters. The molecule has 1 heterocycles. The SMILES string of the molecule is Cc1cc(-c2ccc(C=O)o2)c(C)cc1Br. The lowest BCUT2D eigenvalue weighted by Gasteiger charge is -2.06. The maximum atomic E-state index is 10.6. The number of hydrogen-bond acceptors (Lipinski definition) is 2. The highest BCUT2D eigenvalue weighted by Crippen LogP contribution is 2.29. The van der Waals surface area contributed by atoms with Crippen molar-refractivity contribution in [2.45, 2.75) is 13.8 Å². The monoisotopic (exact) mass is 278 g/mol. The van der Waals surface area contributed by atoms with Crippen molar-refractivity contribution in [3.8, 4) is 11.3 Å². The maximum Gasteiger partial charge on any atom is 0.185 e. The molecule has 0 N–H and O–H groups in total. The van der Waals surface area contributed by atoms with E-state index in [1.807, 2.05) is 32.0 Å². The molecule has 1 aromatic carbocycles. The first-order chi connectivity index (χ1) is 7.61. The summed E-state index contributed by atoms with van der Waals surface area (Å²) in [5.41, 5.74) is 3.28. The van der Waals surface area contributed by atoms with E-state index in [1.165, 1.54) is 0 Å². The van der Waals surface area contributed by atoms with E-state index < -0.39 is 0 Å². The fourth-order valence-electron chi connectivity index (χ4n) is 1.61. The van der Waals surface area contributed by atoms with Crippen LogP contribution in [0.25, 0.3) is 11.3 Å². The Bertz CT molecular complexity index is 541. The highest BCUT2D eigenvalue weighted by molar-refractivity contribution is 9.10. The Balaban J connectivity index is 2.55. The number of aryl methyl sites for hydroxylation is 2. The lowest BCUT2D eigenvalue weighted by molar-refractivity contribution is 0.110. The summed E-state index contributed by atoms with van der Waals surface area (Å²) in [6.07, 6.45) is 0.713. The van der Waals surface area contributed by atoms with Crippen LogP contribution in [0.2, 0.25) is 0 Å². The molecule has 82 valence electrons. The molecule has 0 fully saturated rings. The van der Waals surface area contributed by atoms with Crippen LogP contribution in [0.5, 0.6) is 0 Å². The van der Waals surface area contributed by atoms with Crippen molar-refractivity contribution in [2.24, 2.45) is 0 Å². The lowest BCUT2D eigenvalue weighted by Crippen LogP contribution is -1.85. The van der Waals surface area contributed by atoms with E-state index in [0.717, 1.165) is 26.9 Å². The van der Waals surface area contributed by atoms with E-state index in [1.54, 1.807) is 6.07 Å². The first-order valence-electron chi connectivity index (χ1n) is 4.94. The Morgan fingerprint density at radius 3 is 2.56 bits per heavy atom. The summed E-state index contributed by atoms with van der Waals surface area (Å²) in [6, 6.07) is 7.60. The number of carbonyl (C=O) groups is 1. The number of carbonyl (C=O) groups excluding carboxylic acids is 1. The van der Waals surface area contributed by atoms with Crippen molar-refractivity contribution < 1.29 is 9.21 Å². The lowest BCUT2D eigenvalue weighted by atomic mass is 10.0. The minimum atomic E-state index is 0.356. The normalized spacial score (nSPS) is 10.4. The van der Waals surface area contributed by atoms with Gasteiger partial charge in [-0.1, -0.05) is 15.9 Å². The van der Waals surface area contributed by atoms with Crippen molar-refractivity contribution in [2.75, 3.05) is 0 Å². The molecule has 0 saturated heterocycles. The molecule has 3 heteroatoms. The van der Waals surface area contributed by atoms with E-state index in [-0.39, 0.29) is 0 Å². The van der Waals surface area contributed by atoms with Gasteiger partial charge in [-0.05, 0) is 49.2 Å². The summed E-state index contributed by atoms with van der Waals surface area (Å²) in [5.74, 6) is 1.09. The summed E-state index contributed by atoms with van der Waals surface area (Å²) in [7, 11) is 0. The van der Waals surface area contributed by atoms with Gasteiger partial charge in [0.05, 0.1) is 0 Å². The third-order valence-electron chi connectivity index (χ3n) is 2.51. The average molecular weight is 279 g/mol. The third kappa shape index (κ3) is 1.95. The summed E-state index contributed by atoms with van der Waals surface area (Å²) < 4.78 is 6.49. The first kappa shape index (κ1) is 11.1. The van der Waals surface area contributed by atoms with Crippen LogP contribution < -0.4 is 0 Å². The molecular weight excluding hydrogens is 268 g/mol. The zero-order valence-electron chi connectivity index (χ0n) is 9.08. The van der Waals surface area contributed by atoms with Gasteiger partial charge in [-0.2, -0.15) is 0 Å². The number of hydrogen-bond donors (Lipinski definition) is 0. The van der Waals surface area contributed by atoms with Crippen LogP contribution in [0, 0.1) is 13.8 Å². The van der Waals surface area contributed by atoms with E-state index in [0.29, 0.717) is 12.0 Å². The molecule has 2 aromatic rings.